The van der Waals surface area contributed by atoms with E-state index in [4.69, 9.17) is 4.74 Å². The van der Waals surface area contributed by atoms with E-state index in [1.54, 1.807) is 6.20 Å². The van der Waals surface area contributed by atoms with Crippen molar-refractivity contribution in [2.24, 2.45) is 0 Å². The van der Waals surface area contributed by atoms with Crippen LogP contribution in [0.5, 0.6) is 0 Å². The first kappa shape index (κ1) is 12.7. The number of Topliss-reactive ketones (excluding diaryl/α,β-unsaturated/α-hetero) is 1. The number of ether oxygens (including phenoxy) is 1. The summed E-state index contributed by atoms with van der Waals surface area (Å²) in [4.78, 5) is 16.5. The highest BCUT2D eigenvalue weighted by molar-refractivity contribution is 6.02. The topological polar surface area (TPSA) is 39.2 Å². The Balaban J connectivity index is 2.32. The van der Waals surface area contributed by atoms with Crippen molar-refractivity contribution in [2.45, 2.75) is 26.4 Å². The molecule has 18 heavy (non-hydrogen) atoms. The highest BCUT2D eigenvalue weighted by Crippen LogP contribution is 2.16. The largest absolute Gasteiger partial charge is 0.370 e. The van der Waals surface area contributed by atoms with Crippen LogP contribution in [-0.4, -0.2) is 23.5 Å². The van der Waals surface area contributed by atoms with Gasteiger partial charge < -0.3 is 4.74 Å². The molecule has 0 saturated carbocycles. The second-order valence-electron chi connectivity index (χ2n) is 4.13. The predicted molar refractivity (Wildman–Crippen MR) is 71.8 cm³/mol. The van der Waals surface area contributed by atoms with Gasteiger partial charge in [0, 0.05) is 23.8 Å². The SMILES string of the molecule is CCOC(CC)C(=O)c1ccc2ncccc2c1. The molecule has 2 rings (SSSR count). The summed E-state index contributed by atoms with van der Waals surface area (Å²) in [6.07, 6.45) is 2.10. The van der Waals surface area contributed by atoms with Crippen molar-refractivity contribution >= 4 is 16.7 Å². The number of ketones is 1. The lowest BCUT2D eigenvalue weighted by atomic mass is 10.0. The lowest BCUT2D eigenvalue weighted by Gasteiger charge is -2.13. The molecule has 0 radical (unpaired) electrons. The molecule has 0 spiro atoms. The molecule has 94 valence electrons. The summed E-state index contributed by atoms with van der Waals surface area (Å²) in [6.45, 7) is 4.42. The molecule has 0 fully saturated rings. The molecule has 1 unspecified atom stereocenters. The fourth-order valence-corrected chi connectivity index (χ4v) is 1.99. The van der Waals surface area contributed by atoms with E-state index in [1.165, 1.54) is 0 Å². The number of rotatable bonds is 5. The molecule has 3 nitrogen and oxygen atoms in total. The average Bonchev–Trinajstić information content (AvgIpc) is 2.43. The van der Waals surface area contributed by atoms with Gasteiger partial charge in [-0.2, -0.15) is 0 Å². The summed E-state index contributed by atoms with van der Waals surface area (Å²) in [6, 6.07) is 9.41. The molecule has 1 aromatic carbocycles. The molecule has 0 amide bonds. The van der Waals surface area contributed by atoms with E-state index in [-0.39, 0.29) is 11.9 Å². The maximum absolute atomic E-state index is 12.3. The van der Waals surface area contributed by atoms with Crippen LogP contribution in [0.25, 0.3) is 10.9 Å². The summed E-state index contributed by atoms with van der Waals surface area (Å²) < 4.78 is 5.45. The quantitative estimate of drug-likeness (QED) is 0.757. The van der Waals surface area contributed by atoms with Gasteiger partial charge in [-0.1, -0.05) is 13.0 Å². The van der Waals surface area contributed by atoms with E-state index in [9.17, 15) is 4.79 Å². The van der Waals surface area contributed by atoms with E-state index in [2.05, 4.69) is 4.98 Å². The van der Waals surface area contributed by atoms with E-state index < -0.39 is 0 Å². The molecule has 0 bridgehead atoms. The summed E-state index contributed by atoms with van der Waals surface area (Å²) in [7, 11) is 0. The minimum absolute atomic E-state index is 0.0464. The molecule has 1 heterocycles. The van der Waals surface area contributed by atoms with Crippen LogP contribution in [0, 0.1) is 0 Å². The molecule has 1 aromatic heterocycles. The van der Waals surface area contributed by atoms with Crippen LogP contribution in [0.2, 0.25) is 0 Å². The summed E-state index contributed by atoms with van der Waals surface area (Å²) in [5.41, 5.74) is 1.59. The Bertz CT molecular complexity index is 551. The Morgan fingerprint density at radius 2 is 2.17 bits per heavy atom. The third-order valence-corrected chi connectivity index (χ3v) is 2.92. The number of carbonyl (C=O) groups excluding carboxylic acids is 1. The molecule has 1 atom stereocenters. The zero-order chi connectivity index (χ0) is 13.0. The van der Waals surface area contributed by atoms with Crippen LogP contribution in [0.4, 0.5) is 0 Å². The van der Waals surface area contributed by atoms with Crippen molar-refractivity contribution in [3.8, 4) is 0 Å². The van der Waals surface area contributed by atoms with Crippen molar-refractivity contribution < 1.29 is 9.53 Å². The van der Waals surface area contributed by atoms with Gasteiger partial charge in [-0.3, -0.25) is 9.78 Å². The van der Waals surface area contributed by atoms with Gasteiger partial charge in [0.25, 0.3) is 0 Å². The fraction of sp³-hybridized carbons (Fsp3) is 0.333. The monoisotopic (exact) mass is 243 g/mol. The second-order valence-corrected chi connectivity index (χ2v) is 4.13. The van der Waals surface area contributed by atoms with E-state index in [1.807, 2.05) is 44.2 Å². The highest BCUT2D eigenvalue weighted by atomic mass is 16.5. The van der Waals surface area contributed by atoms with Gasteiger partial charge in [-0.05, 0) is 37.6 Å². The van der Waals surface area contributed by atoms with E-state index in [0.29, 0.717) is 18.6 Å². The lowest BCUT2D eigenvalue weighted by molar-refractivity contribution is 0.0444. The van der Waals surface area contributed by atoms with Gasteiger partial charge in [0.05, 0.1) is 5.52 Å². The van der Waals surface area contributed by atoms with Crippen LogP contribution in [-0.2, 0) is 4.74 Å². The highest BCUT2D eigenvalue weighted by Gasteiger charge is 2.18. The van der Waals surface area contributed by atoms with Gasteiger partial charge in [0.2, 0.25) is 0 Å². The predicted octanol–water partition coefficient (Wildman–Crippen LogP) is 3.23. The normalized spacial score (nSPS) is 12.6. The van der Waals surface area contributed by atoms with Crippen molar-refractivity contribution in [2.75, 3.05) is 6.61 Å². The fourth-order valence-electron chi connectivity index (χ4n) is 1.99. The minimum atomic E-state index is -0.343. The number of benzene rings is 1. The molecule has 0 aliphatic carbocycles. The number of nitrogens with zero attached hydrogens (tertiary/aromatic N) is 1. The molecular formula is C15H17NO2. The minimum Gasteiger partial charge on any atom is -0.370 e. The first-order valence-corrected chi connectivity index (χ1v) is 6.26. The van der Waals surface area contributed by atoms with Crippen LogP contribution < -0.4 is 0 Å². The molecule has 0 aliphatic rings. The van der Waals surface area contributed by atoms with Gasteiger partial charge >= 0.3 is 0 Å². The number of hydrogen-bond donors (Lipinski definition) is 0. The summed E-state index contributed by atoms with van der Waals surface area (Å²) >= 11 is 0. The van der Waals surface area contributed by atoms with Crippen molar-refractivity contribution in [3.05, 3.63) is 42.1 Å². The van der Waals surface area contributed by atoms with Gasteiger partial charge in [0.15, 0.2) is 5.78 Å². The molecule has 0 aliphatic heterocycles. The van der Waals surface area contributed by atoms with Gasteiger partial charge in [0.1, 0.15) is 6.10 Å². The maximum atomic E-state index is 12.3. The van der Waals surface area contributed by atoms with Crippen molar-refractivity contribution in [3.63, 3.8) is 0 Å². The van der Waals surface area contributed by atoms with Crippen LogP contribution in [0.15, 0.2) is 36.5 Å². The number of hydrogen-bond acceptors (Lipinski definition) is 3. The second kappa shape index (κ2) is 5.74. The summed E-state index contributed by atoms with van der Waals surface area (Å²) in [5, 5.41) is 0.981. The Morgan fingerprint density at radius 3 is 2.89 bits per heavy atom. The number of fused-ring (bicyclic) bond motifs is 1. The Labute approximate surface area is 107 Å². The van der Waals surface area contributed by atoms with Crippen LogP contribution >= 0.6 is 0 Å². The number of pyridine rings is 1. The van der Waals surface area contributed by atoms with Gasteiger partial charge in [-0.25, -0.2) is 0 Å². The van der Waals surface area contributed by atoms with Gasteiger partial charge in [-0.15, -0.1) is 0 Å². The molecule has 0 saturated heterocycles. The molecule has 3 heteroatoms. The first-order valence-electron chi connectivity index (χ1n) is 6.26. The molecule has 0 N–H and O–H groups in total. The molecule has 2 aromatic rings. The van der Waals surface area contributed by atoms with Crippen LogP contribution in [0.3, 0.4) is 0 Å². The zero-order valence-corrected chi connectivity index (χ0v) is 10.7. The van der Waals surface area contributed by atoms with E-state index >= 15 is 0 Å². The molecular weight excluding hydrogens is 226 g/mol. The van der Waals surface area contributed by atoms with Crippen molar-refractivity contribution in [1.82, 2.24) is 4.98 Å². The maximum Gasteiger partial charge on any atom is 0.191 e. The number of aromatic nitrogens is 1. The lowest BCUT2D eigenvalue weighted by Crippen LogP contribution is -2.23. The van der Waals surface area contributed by atoms with Crippen molar-refractivity contribution in [1.29, 1.82) is 0 Å². The Hall–Kier alpha value is -1.74. The summed E-state index contributed by atoms with van der Waals surface area (Å²) in [5.74, 6) is 0.0464. The Kier molecular flexibility index (Phi) is 4.05. The van der Waals surface area contributed by atoms with Crippen LogP contribution in [0.1, 0.15) is 30.6 Å². The number of carbonyl (C=O) groups is 1. The standard InChI is InChI=1S/C15H17NO2/c1-3-14(18-4-2)15(17)12-7-8-13-11(10-12)6-5-9-16-13/h5-10,14H,3-4H2,1-2H3. The third-order valence-electron chi connectivity index (χ3n) is 2.92. The first-order chi connectivity index (χ1) is 8.76. The smallest absolute Gasteiger partial charge is 0.191 e. The van der Waals surface area contributed by atoms with E-state index in [0.717, 1.165) is 10.9 Å². The Morgan fingerprint density at radius 1 is 1.33 bits per heavy atom. The average molecular weight is 243 g/mol. The zero-order valence-electron chi connectivity index (χ0n) is 10.7. The third kappa shape index (κ3) is 2.57.